The Morgan fingerprint density at radius 1 is 1.55 bits per heavy atom. The van der Waals surface area contributed by atoms with Gasteiger partial charge in [-0.3, -0.25) is 4.79 Å². The van der Waals surface area contributed by atoms with Crippen LogP contribution in [-0.2, 0) is 11.8 Å². The van der Waals surface area contributed by atoms with Crippen LogP contribution in [0.1, 0.15) is 24.6 Å². The number of aromatic nitrogens is 3. The molecule has 1 aromatic rings. The van der Waals surface area contributed by atoms with Crippen molar-refractivity contribution in [3.05, 3.63) is 12.2 Å². The number of piperidine rings is 1. The van der Waals surface area contributed by atoms with Gasteiger partial charge in [0, 0.05) is 44.1 Å². The average Bonchev–Trinajstić information content (AvgIpc) is 2.94. The molecule has 0 radical (unpaired) electrons. The third-order valence-corrected chi connectivity index (χ3v) is 5.13. The van der Waals surface area contributed by atoms with E-state index in [4.69, 9.17) is 0 Å². The van der Waals surface area contributed by atoms with Gasteiger partial charge in [0.25, 0.3) is 0 Å². The molecule has 3 rings (SSSR count). The molecule has 0 bridgehead atoms. The highest BCUT2D eigenvalue weighted by molar-refractivity contribution is 7.99. The summed E-state index contributed by atoms with van der Waals surface area (Å²) in [5.74, 6) is 3.56. The molecule has 2 aliphatic heterocycles. The van der Waals surface area contributed by atoms with E-state index in [1.54, 1.807) is 6.33 Å². The maximum absolute atomic E-state index is 12.6. The minimum atomic E-state index is -0.00741. The Morgan fingerprint density at radius 3 is 3.15 bits per heavy atom. The maximum Gasteiger partial charge on any atom is 0.240 e. The zero-order valence-corrected chi connectivity index (χ0v) is 12.6. The van der Waals surface area contributed by atoms with Gasteiger partial charge in [0.1, 0.15) is 12.2 Å². The molecular weight excluding hydrogens is 274 g/mol. The van der Waals surface area contributed by atoms with E-state index in [1.165, 1.54) is 0 Å². The lowest BCUT2D eigenvalue weighted by Gasteiger charge is -2.35. The van der Waals surface area contributed by atoms with Crippen molar-refractivity contribution < 1.29 is 4.79 Å². The summed E-state index contributed by atoms with van der Waals surface area (Å²) in [6.45, 7) is 2.58. The van der Waals surface area contributed by atoms with Crippen molar-refractivity contribution in [2.24, 2.45) is 7.05 Å². The average molecular weight is 295 g/mol. The van der Waals surface area contributed by atoms with Crippen LogP contribution in [0.5, 0.6) is 0 Å². The van der Waals surface area contributed by atoms with Gasteiger partial charge in [-0.15, -0.1) is 10.2 Å². The molecule has 1 N–H and O–H groups in total. The fourth-order valence-corrected chi connectivity index (χ4v) is 3.92. The van der Waals surface area contributed by atoms with Crippen LogP contribution in [0.3, 0.4) is 0 Å². The molecule has 2 aliphatic rings. The predicted molar refractivity (Wildman–Crippen MR) is 78.7 cm³/mol. The molecule has 0 aromatic carbocycles. The molecule has 3 heterocycles. The fourth-order valence-electron chi connectivity index (χ4n) is 2.99. The van der Waals surface area contributed by atoms with Gasteiger partial charge in [-0.2, -0.15) is 11.8 Å². The third kappa shape index (κ3) is 2.83. The molecule has 0 spiro atoms. The summed E-state index contributed by atoms with van der Waals surface area (Å²) in [6.07, 6.45) is 3.86. The van der Waals surface area contributed by atoms with E-state index >= 15 is 0 Å². The van der Waals surface area contributed by atoms with Gasteiger partial charge in [-0.05, 0) is 12.8 Å². The molecular formula is C13H21N5OS. The largest absolute Gasteiger partial charge is 0.341 e. The van der Waals surface area contributed by atoms with Crippen LogP contribution in [0, 0.1) is 0 Å². The van der Waals surface area contributed by atoms with Crippen molar-refractivity contribution in [1.29, 1.82) is 0 Å². The normalized spacial score (nSPS) is 27.6. The topological polar surface area (TPSA) is 63.1 Å². The van der Waals surface area contributed by atoms with Crippen molar-refractivity contribution in [3.63, 3.8) is 0 Å². The number of amides is 1. The van der Waals surface area contributed by atoms with Crippen molar-refractivity contribution in [3.8, 4) is 0 Å². The monoisotopic (exact) mass is 295 g/mol. The number of carbonyl (C=O) groups is 1. The van der Waals surface area contributed by atoms with E-state index in [0.717, 1.165) is 49.8 Å². The van der Waals surface area contributed by atoms with E-state index < -0.39 is 0 Å². The SMILES string of the molecule is Cn1cnnc1C1CCCN(C(=O)C2CSCCN2)C1. The number of hydrogen-bond acceptors (Lipinski definition) is 5. The summed E-state index contributed by atoms with van der Waals surface area (Å²) in [5, 5.41) is 11.5. The van der Waals surface area contributed by atoms with Gasteiger partial charge >= 0.3 is 0 Å². The Labute approximate surface area is 123 Å². The first-order valence-corrected chi connectivity index (χ1v) is 8.35. The van der Waals surface area contributed by atoms with E-state index in [1.807, 2.05) is 28.3 Å². The zero-order chi connectivity index (χ0) is 13.9. The summed E-state index contributed by atoms with van der Waals surface area (Å²) in [5.41, 5.74) is 0. The van der Waals surface area contributed by atoms with Crippen LogP contribution in [0.2, 0.25) is 0 Å². The quantitative estimate of drug-likeness (QED) is 0.846. The van der Waals surface area contributed by atoms with Crippen LogP contribution in [0.15, 0.2) is 6.33 Å². The summed E-state index contributed by atoms with van der Waals surface area (Å²) in [6, 6.07) is -0.00741. The molecule has 0 saturated carbocycles. The standard InChI is InChI=1S/C13H21N5OS/c1-17-9-15-16-12(17)10-3-2-5-18(7-10)13(19)11-8-20-6-4-14-11/h9-11,14H,2-8H2,1H3. The Hall–Kier alpha value is -1.08. The molecule has 20 heavy (non-hydrogen) atoms. The number of nitrogens with one attached hydrogen (secondary N) is 1. The van der Waals surface area contributed by atoms with Crippen molar-refractivity contribution >= 4 is 17.7 Å². The van der Waals surface area contributed by atoms with Crippen LogP contribution in [-0.4, -0.2) is 62.8 Å². The minimum Gasteiger partial charge on any atom is -0.341 e. The van der Waals surface area contributed by atoms with Crippen LogP contribution < -0.4 is 5.32 Å². The van der Waals surface area contributed by atoms with Gasteiger partial charge in [-0.1, -0.05) is 0 Å². The first-order valence-electron chi connectivity index (χ1n) is 7.19. The zero-order valence-electron chi connectivity index (χ0n) is 11.8. The van der Waals surface area contributed by atoms with Crippen molar-refractivity contribution in [1.82, 2.24) is 25.0 Å². The molecule has 2 unspecified atom stereocenters. The molecule has 1 aromatic heterocycles. The lowest BCUT2D eigenvalue weighted by Crippen LogP contribution is -2.52. The lowest BCUT2D eigenvalue weighted by atomic mass is 9.96. The highest BCUT2D eigenvalue weighted by atomic mass is 32.2. The molecule has 2 fully saturated rings. The Kier molecular flexibility index (Phi) is 4.26. The van der Waals surface area contributed by atoms with Crippen LogP contribution in [0.4, 0.5) is 0 Å². The Morgan fingerprint density at radius 2 is 2.45 bits per heavy atom. The molecule has 6 nitrogen and oxygen atoms in total. The smallest absolute Gasteiger partial charge is 0.240 e. The number of aryl methyl sites for hydroxylation is 1. The number of carbonyl (C=O) groups excluding carboxylic acids is 1. The fraction of sp³-hybridized carbons (Fsp3) is 0.769. The number of likely N-dealkylation sites (tertiary alicyclic amines) is 1. The Bertz CT molecular complexity index is 471. The summed E-state index contributed by atoms with van der Waals surface area (Å²) >= 11 is 1.86. The minimum absolute atomic E-state index is 0.00741. The highest BCUT2D eigenvalue weighted by Crippen LogP contribution is 2.25. The first kappa shape index (κ1) is 13.9. The second-order valence-corrected chi connectivity index (χ2v) is 6.65. The predicted octanol–water partition coefficient (Wildman–Crippen LogP) is 0.226. The number of thioether (sulfide) groups is 1. The van der Waals surface area contributed by atoms with Gasteiger partial charge in [0.15, 0.2) is 0 Å². The van der Waals surface area contributed by atoms with Crippen molar-refractivity contribution in [2.45, 2.75) is 24.8 Å². The van der Waals surface area contributed by atoms with E-state index in [2.05, 4.69) is 15.5 Å². The lowest BCUT2D eigenvalue weighted by molar-refractivity contribution is -0.134. The third-order valence-electron chi connectivity index (χ3n) is 4.06. The number of hydrogen-bond donors (Lipinski definition) is 1. The maximum atomic E-state index is 12.6. The van der Waals surface area contributed by atoms with Gasteiger partial charge in [-0.25, -0.2) is 0 Å². The molecule has 110 valence electrons. The van der Waals surface area contributed by atoms with Gasteiger partial charge in [0.05, 0.1) is 6.04 Å². The van der Waals surface area contributed by atoms with Crippen LogP contribution >= 0.6 is 11.8 Å². The summed E-state index contributed by atoms with van der Waals surface area (Å²) in [7, 11) is 1.97. The highest BCUT2D eigenvalue weighted by Gasteiger charge is 2.31. The summed E-state index contributed by atoms with van der Waals surface area (Å²) < 4.78 is 1.97. The second kappa shape index (κ2) is 6.13. The van der Waals surface area contributed by atoms with E-state index in [0.29, 0.717) is 5.92 Å². The van der Waals surface area contributed by atoms with E-state index in [9.17, 15) is 4.79 Å². The molecule has 0 aliphatic carbocycles. The van der Waals surface area contributed by atoms with Crippen molar-refractivity contribution in [2.75, 3.05) is 31.1 Å². The van der Waals surface area contributed by atoms with Gasteiger partial charge in [0.2, 0.25) is 5.91 Å². The number of nitrogens with zero attached hydrogens (tertiary/aromatic N) is 4. The van der Waals surface area contributed by atoms with Crippen LogP contribution in [0.25, 0.3) is 0 Å². The number of rotatable bonds is 2. The second-order valence-electron chi connectivity index (χ2n) is 5.51. The molecule has 1 amide bonds. The van der Waals surface area contributed by atoms with E-state index in [-0.39, 0.29) is 11.9 Å². The van der Waals surface area contributed by atoms with Gasteiger partial charge < -0.3 is 14.8 Å². The molecule has 7 heteroatoms. The Balaban J connectivity index is 1.65. The molecule has 2 saturated heterocycles. The molecule has 2 atom stereocenters. The first-order chi connectivity index (χ1) is 9.75. The summed E-state index contributed by atoms with van der Waals surface area (Å²) in [4.78, 5) is 14.6.